The van der Waals surface area contributed by atoms with Gasteiger partial charge in [-0.3, -0.25) is 0 Å². The van der Waals surface area contributed by atoms with Crippen LogP contribution >= 0.6 is 23.2 Å². The summed E-state index contributed by atoms with van der Waals surface area (Å²) < 4.78 is 9.91. The first-order valence-electron chi connectivity index (χ1n) is 5.03. The highest BCUT2D eigenvalue weighted by atomic mass is 35.5. The molecule has 1 aromatic carbocycles. The highest BCUT2D eigenvalue weighted by Crippen LogP contribution is 2.33. The van der Waals surface area contributed by atoms with Gasteiger partial charge in [0.15, 0.2) is 0 Å². The van der Waals surface area contributed by atoms with Gasteiger partial charge in [-0.15, -0.1) is 0 Å². The predicted molar refractivity (Wildman–Crippen MR) is 68.4 cm³/mol. The minimum absolute atomic E-state index is 0.0364. The van der Waals surface area contributed by atoms with Crippen LogP contribution in [-0.4, -0.2) is 31.4 Å². The molecule has 0 aliphatic heterocycles. The lowest BCUT2D eigenvalue weighted by Gasteiger charge is -2.15. The zero-order valence-corrected chi connectivity index (χ0v) is 11.2. The number of rotatable bonds is 6. The first-order valence-corrected chi connectivity index (χ1v) is 5.79. The third-order valence-electron chi connectivity index (χ3n) is 2.19. The Kier molecular flexibility index (Phi) is 5.68. The lowest BCUT2D eigenvalue weighted by Crippen LogP contribution is -2.20. The average molecular weight is 294 g/mol. The van der Waals surface area contributed by atoms with Crippen molar-refractivity contribution in [2.24, 2.45) is 5.73 Å². The number of nitrogens with two attached hydrogens (primary N) is 1. The molecule has 0 saturated carbocycles. The highest BCUT2D eigenvalue weighted by molar-refractivity contribution is 6.34. The molecule has 1 rings (SSSR count). The maximum absolute atomic E-state index is 10.3. The molecule has 0 amide bonds. The first-order chi connectivity index (χ1) is 8.45. The summed E-state index contributed by atoms with van der Waals surface area (Å²) in [6.45, 7) is -0.371. The Bertz CT molecular complexity index is 439. The van der Waals surface area contributed by atoms with E-state index in [-0.39, 0.29) is 6.61 Å². The molecule has 0 aliphatic carbocycles. The fourth-order valence-corrected chi connectivity index (χ4v) is 1.89. The minimum Gasteiger partial charge on any atom is -0.495 e. The second-order valence-electron chi connectivity index (χ2n) is 3.52. The molecule has 3 N–H and O–H groups in total. The number of hydrogen-bond donors (Lipinski definition) is 2. The summed E-state index contributed by atoms with van der Waals surface area (Å²) in [6.07, 6.45) is 0. The first kappa shape index (κ1) is 15.0. The van der Waals surface area contributed by atoms with Crippen LogP contribution in [0.25, 0.3) is 0 Å². The van der Waals surface area contributed by atoms with Gasteiger partial charge in [-0.2, -0.15) is 0 Å². The van der Waals surface area contributed by atoms with Crippen LogP contribution in [0.5, 0.6) is 5.75 Å². The zero-order chi connectivity index (χ0) is 13.7. The summed E-state index contributed by atoms with van der Waals surface area (Å²) in [5.74, 6) is -0.606. The van der Waals surface area contributed by atoms with Crippen molar-refractivity contribution in [2.45, 2.75) is 6.04 Å². The molecule has 0 aromatic heterocycles. The number of aliphatic carboxylic acids is 1. The Labute approximate surface area is 114 Å². The van der Waals surface area contributed by atoms with Crippen molar-refractivity contribution in [3.05, 3.63) is 27.7 Å². The largest absolute Gasteiger partial charge is 0.495 e. The van der Waals surface area contributed by atoms with Crippen LogP contribution in [-0.2, 0) is 9.53 Å². The monoisotopic (exact) mass is 293 g/mol. The molecule has 0 heterocycles. The summed E-state index contributed by atoms with van der Waals surface area (Å²) in [7, 11) is 1.48. The summed E-state index contributed by atoms with van der Waals surface area (Å²) in [5, 5.41) is 9.21. The minimum atomic E-state index is -1.05. The zero-order valence-electron chi connectivity index (χ0n) is 9.65. The molecule has 7 heteroatoms. The van der Waals surface area contributed by atoms with Gasteiger partial charge in [-0.05, 0) is 11.6 Å². The maximum Gasteiger partial charge on any atom is 0.329 e. The van der Waals surface area contributed by atoms with E-state index >= 15 is 0 Å². The van der Waals surface area contributed by atoms with E-state index in [1.165, 1.54) is 7.11 Å². The van der Waals surface area contributed by atoms with Gasteiger partial charge in [0.05, 0.1) is 24.8 Å². The normalized spacial score (nSPS) is 12.2. The van der Waals surface area contributed by atoms with Gasteiger partial charge in [-0.25, -0.2) is 4.79 Å². The molecule has 0 radical (unpaired) electrons. The molecule has 0 aliphatic rings. The standard InChI is InChI=1S/C11H13Cl2NO4/c1-17-10-3-7(12)6(2-8(10)13)9(14)4-18-5-11(15)16/h2-3,9H,4-5,14H2,1H3,(H,15,16). The van der Waals surface area contributed by atoms with Crippen LogP contribution in [0.2, 0.25) is 10.0 Å². The van der Waals surface area contributed by atoms with E-state index in [4.69, 9.17) is 43.5 Å². The molecule has 1 atom stereocenters. The molecule has 0 spiro atoms. The lowest BCUT2D eigenvalue weighted by molar-refractivity contribution is -0.142. The SMILES string of the molecule is COc1cc(Cl)c(C(N)COCC(=O)O)cc1Cl. The highest BCUT2D eigenvalue weighted by Gasteiger charge is 2.14. The van der Waals surface area contributed by atoms with Crippen molar-refractivity contribution in [1.82, 2.24) is 0 Å². The molecule has 0 fully saturated rings. The summed E-state index contributed by atoms with van der Waals surface area (Å²) in [6, 6.07) is 2.58. The van der Waals surface area contributed by atoms with Crippen LogP contribution in [0.4, 0.5) is 0 Å². The van der Waals surface area contributed by atoms with E-state index < -0.39 is 18.6 Å². The van der Waals surface area contributed by atoms with Crippen LogP contribution in [0.1, 0.15) is 11.6 Å². The van der Waals surface area contributed by atoms with Crippen molar-refractivity contribution in [3.63, 3.8) is 0 Å². The summed E-state index contributed by atoms with van der Waals surface area (Å²) in [4.78, 5) is 10.3. The Hall–Kier alpha value is -1.01. The quantitative estimate of drug-likeness (QED) is 0.839. The van der Waals surface area contributed by atoms with Crippen molar-refractivity contribution >= 4 is 29.2 Å². The molecular formula is C11H13Cl2NO4. The lowest BCUT2D eigenvalue weighted by atomic mass is 10.1. The van der Waals surface area contributed by atoms with E-state index in [9.17, 15) is 4.79 Å². The third-order valence-corrected chi connectivity index (χ3v) is 2.82. The number of methoxy groups -OCH3 is 1. The molecular weight excluding hydrogens is 281 g/mol. The van der Waals surface area contributed by atoms with Crippen molar-refractivity contribution in [3.8, 4) is 5.75 Å². The second-order valence-corrected chi connectivity index (χ2v) is 4.34. The van der Waals surface area contributed by atoms with E-state index in [1.54, 1.807) is 12.1 Å². The average Bonchev–Trinajstić information content (AvgIpc) is 2.30. The van der Waals surface area contributed by atoms with Gasteiger partial charge in [0.1, 0.15) is 12.4 Å². The fourth-order valence-electron chi connectivity index (χ4n) is 1.35. The number of carboxylic acid groups (broad SMARTS) is 1. The van der Waals surface area contributed by atoms with Crippen LogP contribution in [0, 0.1) is 0 Å². The predicted octanol–water partition coefficient (Wildman–Crippen LogP) is 2.10. The molecule has 1 unspecified atom stereocenters. The Morgan fingerprint density at radius 3 is 2.67 bits per heavy atom. The summed E-state index contributed by atoms with van der Waals surface area (Å²) in [5.41, 5.74) is 6.42. The number of ether oxygens (including phenoxy) is 2. The molecule has 0 saturated heterocycles. The molecule has 5 nitrogen and oxygen atoms in total. The maximum atomic E-state index is 10.3. The van der Waals surface area contributed by atoms with Gasteiger partial charge in [0.25, 0.3) is 0 Å². The Morgan fingerprint density at radius 2 is 2.11 bits per heavy atom. The molecule has 0 bridgehead atoms. The third kappa shape index (κ3) is 4.03. The van der Waals surface area contributed by atoms with Crippen molar-refractivity contribution < 1.29 is 19.4 Å². The summed E-state index contributed by atoms with van der Waals surface area (Å²) >= 11 is 12.0. The number of hydrogen-bond acceptors (Lipinski definition) is 4. The van der Waals surface area contributed by atoms with E-state index in [2.05, 4.69) is 0 Å². The number of benzene rings is 1. The van der Waals surface area contributed by atoms with E-state index in [0.29, 0.717) is 21.4 Å². The van der Waals surface area contributed by atoms with Gasteiger partial charge in [0, 0.05) is 11.1 Å². The Morgan fingerprint density at radius 1 is 1.44 bits per heavy atom. The van der Waals surface area contributed by atoms with Crippen molar-refractivity contribution in [2.75, 3.05) is 20.3 Å². The number of carboxylic acids is 1. The molecule has 18 heavy (non-hydrogen) atoms. The number of carbonyl (C=O) groups is 1. The van der Waals surface area contributed by atoms with Crippen LogP contribution in [0.3, 0.4) is 0 Å². The second kappa shape index (κ2) is 6.80. The van der Waals surface area contributed by atoms with Crippen LogP contribution < -0.4 is 10.5 Å². The Balaban J connectivity index is 2.76. The van der Waals surface area contributed by atoms with Gasteiger partial charge >= 0.3 is 5.97 Å². The number of halogens is 2. The van der Waals surface area contributed by atoms with Gasteiger partial charge in [0.2, 0.25) is 0 Å². The van der Waals surface area contributed by atoms with Gasteiger partial charge in [-0.1, -0.05) is 23.2 Å². The van der Waals surface area contributed by atoms with Crippen LogP contribution in [0.15, 0.2) is 12.1 Å². The molecule has 1 aromatic rings. The van der Waals surface area contributed by atoms with E-state index in [0.717, 1.165) is 0 Å². The van der Waals surface area contributed by atoms with Gasteiger partial charge < -0.3 is 20.3 Å². The molecule has 100 valence electrons. The topological polar surface area (TPSA) is 81.8 Å². The van der Waals surface area contributed by atoms with Crippen molar-refractivity contribution in [1.29, 1.82) is 0 Å². The van der Waals surface area contributed by atoms with E-state index in [1.807, 2.05) is 0 Å². The smallest absolute Gasteiger partial charge is 0.329 e. The fraction of sp³-hybridized carbons (Fsp3) is 0.364.